The van der Waals surface area contributed by atoms with E-state index < -0.39 is 5.97 Å². The van der Waals surface area contributed by atoms with Gasteiger partial charge in [-0.2, -0.15) is 0 Å². The van der Waals surface area contributed by atoms with Gasteiger partial charge in [-0.15, -0.1) is 0 Å². The molecule has 1 N–H and O–H groups in total. The van der Waals surface area contributed by atoms with Crippen molar-refractivity contribution in [3.05, 3.63) is 100.0 Å². The summed E-state index contributed by atoms with van der Waals surface area (Å²) in [6.45, 7) is 0.835. The van der Waals surface area contributed by atoms with Crippen LogP contribution in [0.15, 0.2) is 82.7 Å². The number of amidine groups is 1. The maximum Gasteiger partial charge on any atom is 0.307 e. The lowest BCUT2D eigenvalue weighted by Gasteiger charge is -2.23. The third-order valence-corrected chi connectivity index (χ3v) is 8.69. The van der Waals surface area contributed by atoms with Gasteiger partial charge < -0.3 is 10.0 Å². The number of carbonyl (C=O) groups excluding carboxylic acids is 1. The number of hydrogen-bond acceptors (Lipinski definition) is 5. The number of carboxylic acid groups (broad SMARTS) is 1. The summed E-state index contributed by atoms with van der Waals surface area (Å²) in [6, 6.07) is 24.4. The number of nitrogens with zero attached hydrogens (tertiary/aromatic N) is 3. The normalized spacial score (nSPS) is 18.1. The molecule has 0 aromatic heterocycles. The van der Waals surface area contributed by atoms with Crippen LogP contribution in [0, 0.1) is 0 Å². The Balaban J connectivity index is 1.21. The van der Waals surface area contributed by atoms with Crippen LogP contribution in [0.25, 0.3) is 6.08 Å². The second-order valence-corrected chi connectivity index (χ2v) is 11.6. The number of aliphatic carboxylic acids is 1. The third-order valence-electron chi connectivity index (χ3n) is 7.63. The smallest absolute Gasteiger partial charge is 0.307 e. The summed E-state index contributed by atoms with van der Waals surface area (Å²) < 4.78 is 0. The lowest BCUT2D eigenvalue weighted by molar-refractivity contribution is -0.136. The number of hydrogen-bond donors (Lipinski definition) is 1. The highest BCUT2D eigenvalue weighted by molar-refractivity contribution is 8.18. The predicted molar refractivity (Wildman–Crippen MR) is 164 cm³/mol. The summed E-state index contributed by atoms with van der Waals surface area (Å²) in [7, 11) is 3.82. The van der Waals surface area contributed by atoms with Crippen LogP contribution in [0.4, 0.5) is 11.4 Å². The molecule has 1 aliphatic carbocycles. The molecule has 6 nitrogen and oxygen atoms in total. The molecule has 1 aliphatic heterocycles. The highest BCUT2D eigenvalue weighted by atomic mass is 32.2. The molecule has 1 saturated heterocycles. The van der Waals surface area contributed by atoms with Crippen LogP contribution in [0.3, 0.4) is 0 Å². The summed E-state index contributed by atoms with van der Waals surface area (Å²) in [5.74, 6) is -0.236. The molecule has 0 unspecified atom stereocenters. The van der Waals surface area contributed by atoms with Gasteiger partial charge in [-0.1, -0.05) is 67.8 Å². The number of likely N-dealkylation sites (N-methyl/N-ethyl adjacent to an activating group) is 1. The number of carbonyl (C=O) groups is 2. The average molecular weight is 554 g/mol. The molecule has 40 heavy (non-hydrogen) atoms. The minimum Gasteiger partial charge on any atom is -0.481 e. The van der Waals surface area contributed by atoms with E-state index in [0.29, 0.717) is 21.3 Å². The number of benzene rings is 3. The van der Waals surface area contributed by atoms with Crippen LogP contribution < -0.4 is 4.90 Å². The van der Waals surface area contributed by atoms with Gasteiger partial charge in [0.2, 0.25) is 0 Å². The fourth-order valence-corrected chi connectivity index (χ4v) is 6.28. The Labute approximate surface area is 240 Å². The molecule has 3 aromatic carbocycles. The molecule has 0 spiro atoms. The average Bonchev–Trinajstić information content (AvgIpc) is 3.22. The van der Waals surface area contributed by atoms with E-state index in [9.17, 15) is 9.59 Å². The van der Waals surface area contributed by atoms with Crippen molar-refractivity contribution in [3.63, 3.8) is 0 Å². The van der Waals surface area contributed by atoms with Crippen LogP contribution >= 0.6 is 11.8 Å². The van der Waals surface area contributed by atoms with Crippen molar-refractivity contribution in [2.24, 2.45) is 4.99 Å². The summed E-state index contributed by atoms with van der Waals surface area (Å²) >= 11 is 1.34. The lowest BCUT2D eigenvalue weighted by Crippen LogP contribution is -2.23. The van der Waals surface area contributed by atoms with E-state index in [4.69, 9.17) is 5.11 Å². The quantitative estimate of drug-likeness (QED) is 0.298. The van der Waals surface area contributed by atoms with E-state index in [1.165, 1.54) is 55.0 Å². The number of aliphatic imine (C=N–C) groups is 1. The molecule has 1 amide bonds. The first-order chi connectivity index (χ1) is 19.4. The van der Waals surface area contributed by atoms with Gasteiger partial charge >= 0.3 is 5.97 Å². The minimum absolute atomic E-state index is 0.0288. The molecular weight excluding hydrogens is 518 g/mol. The molecular formula is C33H35N3O3S. The monoisotopic (exact) mass is 553 g/mol. The first kappa shape index (κ1) is 27.7. The van der Waals surface area contributed by atoms with E-state index in [1.807, 2.05) is 18.2 Å². The standard InChI is InChI=1S/C33H35N3O3S/c1-35(22-25-8-14-27(15-9-25)26-6-4-3-5-7-26)29-18-12-23(13-19-29)20-30-32(39)36(2)33(40-30)34-28-16-10-24(11-17-28)21-31(37)38/h8-20,26H,3-7,21-22H2,1-2H3,(H,37,38). The Morgan fingerprint density at radius 1 is 0.975 bits per heavy atom. The van der Waals surface area contributed by atoms with Gasteiger partial charge in [0.25, 0.3) is 5.91 Å². The Morgan fingerprint density at radius 2 is 1.62 bits per heavy atom. The Morgan fingerprint density at radius 3 is 2.27 bits per heavy atom. The second-order valence-electron chi connectivity index (χ2n) is 10.6. The van der Waals surface area contributed by atoms with Crippen molar-refractivity contribution in [2.45, 2.75) is 51.0 Å². The number of rotatable bonds is 8. The van der Waals surface area contributed by atoms with Crippen LogP contribution in [-0.4, -0.2) is 41.1 Å². The van der Waals surface area contributed by atoms with Crippen molar-refractivity contribution in [3.8, 4) is 0 Å². The molecule has 1 saturated carbocycles. The number of anilines is 1. The van der Waals surface area contributed by atoms with Gasteiger partial charge in [0.1, 0.15) is 0 Å². The Kier molecular flexibility index (Phi) is 8.70. The molecule has 5 rings (SSSR count). The maximum absolute atomic E-state index is 12.9. The molecule has 0 radical (unpaired) electrons. The van der Waals surface area contributed by atoms with Crippen molar-refractivity contribution in [1.82, 2.24) is 4.90 Å². The summed E-state index contributed by atoms with van der Waals surface area (Å²) in [5, 5.41) is 9.54. The highest BCUT2D eigenvalue weighted by Crippen LogP contribution is 2.34. The fourth-order valence-electron chi connectivity index (χ4n) is 5.30. The van der Waals surface area contributed by atoms with E-state index in [0.717, 1.165) is 23.7 Å². The maximum atomic E-state index is 12.9. The SMILES string of the molecule is CN1C(=O)C(=Cc2ccc(N(C)Cc3ccc(C4CCCCC4)cc3)cc2)SC1=Nc1ccc(CC(=O)O)cc1. The molecule has 7 heteroatoms. The van der Waals surface area contributed by atoms with Gasteiger partial charge in [0, 0.05) is 26.3 Å². The zero-order chi connectivity index (χ0) is 28.1. The highest BCUT2D eigenvalue weighted by Gasteiger charge is 2.30. The Hall–Kier alpha value is -3.84. The molecule has 1 heterocycles. The van der Waals surface area contributed by atoms with Crippen molar-refractivity contribution >= 4 is 46.3 Å². The number of carboxylic acids is 1. The first-order valence-corrected chi connectivity index (χ1v) is 14.6. The van der Waals surface area contributed by atoms with Gasteiger partial charge in [-0.25, -0.2) is 4.99 Å². The first-order valence-electron chi connectivity index (χ1n) is 13.8. The largest absolute Gasteiger partial charge is 0.481 e. The van der Waals surface area contributed by atoms with Gasteiger partial charge in [0.15, 0.2) is 5.17 Å². The summed E-state index contributed by atoms with van der Waals surface area (Å²) in [4.78, 5) is 32.8. The van der Waals surface area contributed by atoms with Crippen molar-refractivity contribution < 1.29 is 14.7 Å². The van der Waals surface area contributed by atoms with Gasteiger partial charge in [0.05, 0.1) is 17.0 Å². The van der Waals surface area contributed by atoms with E-state index in [-0.39, 0.29) is 12.3 Å². The fraction of sp³-hybridized carbons (Fsp3) is 0.303. The molecule has 0 atom stereocenters. The van der Waals surface area contributed by atoms with Crippen molar-refractivity contribution in [1.29, 1.82) is 0 Å². The molecule has 3 aromatic rings. The van der Waals surface area contributed by atoms with E-state index in [2.05, 4.69) is 53.3 Å². The zero-order valence-electron chi connectivity index (χ0n) is 23.0. The molecule has 2 fully saturated rings. The van der Waals surface area contributed by atoms with Crippen LogP contribution in [0.1, 0.15) is 60.3 Å². The van der Waals surface area contributed by atoms with Gasteiger partial charge in [-0.05, 0) is 83.1 Å². The minimum atomic E-state index is -0.871. The predicted octanol–water partition coefficient (Wildman–Crippen LogP) is 7.23. The lowest BCUT2D eigenvalue weighted by atomic mass is 9.84. The molecule has 0 bridgehead atoms. The van der Waals surface area contributed by atoms with Crippen LogP contribution in [0.5, 0.6) is 0 Å². The number of thioether (sulfide) groups is 1. The molecule has 2 aliphatic rings. The summed E-state index contributed by atoms with van der Waals surface area (Å²) in [6.07, 6.45) is 8.60. The van der Waals surface area contributed by atoms with Crippen LogP contribution in [-0.2, 0) is 22.6 Å². The zero-order valence-corrected chi connectivity index (χ0v) is 23.9. The Bertz CT molecular complexity index is 1410. The third kappa shape index (κ3) is 6.83. The van der Waals surface area contributed by atoms with Crippen molar-refractivity contribution in [2.75, 3.05) is 19.0 Å². The van der Waals surface area contributed by atoms with E-state index >= 15 is 0 Å². The van der Waals surface area contributed by atoms with Crippen LogP contribution in [0.2, 0.25) is 0 Å². The topological polar surface area (TPSA) is 73.2 Å². The second kappa shape index (κ2) is 12.6. The molecule has 206 valence electrons. The summed E-state index contributed by atoms with van der Waals surface area (Å²) in [5.41, 5.74) is 6.24. The van der Waals surface area contributed by atoms with Gasteiger partial charge in [-0.3, -0.25) is 14.5 Å². The number of amides is 1. The van der Waals surface area contributed by atoms with E-state index in [1.54, 1.807) is 36.2 Å².